The van der Waals surface area contributed by atoms with Gasteiger partial charge in [0.15, 0.2) is 0 Å². The molecular weight excluding hydrogens is 260 g/mol. The third-order valence-corrected chi connectivity index (χ3v) is 3.55. The Morgan fingerprint density at radius 3 is 2.40 bits per heavy atom. The summed E-state index contributed by atoms with van der Waals surface area (Å²) in [5.74, 6) is 0. The normalized spacial score (nSPS) is 15.6. The number of hydrogen-bond donors (Lipinski definition) is 3. The second kappa shape index (κ2) is 7.33. The SMILES string of the molecule is CCCCCC(O)(c1ccc([N+](=O)[O-])cc1)C(N)CO. The lowest BCUT2D eigenvalue weighted by molar-refractivity contribution is -0.384. The molecule has 0 fully saturated rings. The van der Waals surface area contributed by atoms with E-state index in [-0.39, 0.29) is 12.3 Å². The molecule has 0 radical (unpaired) electrons. The average Bonchev–Trinajstić information content (AvgIpc) is 2.46. The number of nitro benzene ring substituents is 1. The second-order valence-corrected chi connectivity index (χ2v) is 4.97. The Labute approximate surface area is 118 Å². The Hall–Kier alpha value is -1.50. The molecule has 1 aromatic rings. The maximum Gasteiger partial charge on any atom is 0.269 e. The van der Waals surface area contributed by atoms with Crippen LogP contribution < -0.4 is 5.73 Å². The molecule has 0 aromatic heterocycles. The molecule has 0 aliphatic heterocycles. The van der Waals surface area contributed by atoms with E-state index in [1.807, 2.05) is 0 Å². The van der Waals surface area contributed by atoms with E-state index < -0.39 is 16.6 Å². The second-order valence-electron chi connectivity index (χ2n) is 4.97. The summed E-state index contributed by atoms with van der Waals surface area (Å²) in [7, 11) is 0. The molecule has 6 heteroatoms. The lowest BCUT2D eigenvalue weighted by Crippen LogP contribution is -2.47. The number of nitrogens with zero attached hydrogens (tertiary/aromatic N) is 1. The first kappa shape index (κ1) is 16.6. The van der Waals surface area contributed by atoms with Crippen molar-refractivity contribution in [3.8, 4) is 0 Å². The Balaban J connectivity index is 3.00. The summed E-state index contributed by atoms with van der Waals surface area (Å²) in [6.07, 6.45) is 3.15. The van der Waals surface area contributed by atoms with Gasteiger partial charge >= 0.3 is 0 Å². The van der Waals surface area contributed by atoms with Gasteiger partial charge < -0.3 is 15.9 Å². The molecule has 0 aliphatic rings. The minimum atomic E-state index is -1.36. The van der Waals surface area contributed by atoms with Crippen molar-refractivity contribution in [3.63, 3.8) is 0 Å². The molecule has 4 N–H and O–H groups in total. The highest BCUT2D eigenvalue weighted by molar-refractivity contribution is 5.36. The molecular formula is C14H22N2O4. The number of benzene rings is 1. The number of non-ortho nitro benzene ring substituents is 1. The van der Waals surface area contributed by atoms with E-state index in [2.05, 4.69) is 6.92 Å². The highest BCUT2D eigenvalue weighted by Gasteiger charge is 2.35. The van der Waals surface area contributed by atoms with Crippen LogP contribution in [0.5, 0.6) is 0 Å². The number of rotatable bonds is 8. The molecule has 0 bridgehead atoms. The first-order valence-electron chi connectivity index (χ1n) is 6.79. The summed E-state index contributed by atoms with van der Waals surface area (Å²) in [6, 6.07) is 4.86. The van der Waals surface area contributed by atoms with Crippen molar-refractivity contribution in [1.29, 1.82) is 0 Å². The molecule has 0 heterocycles. The molecule has 0 amide bonds. The van der Waals surface area contributed by atoms with Crippen molar-refractivity contribution < 1.29 is 15.1 Å². The Kier molecular flexibility index (Phi) is 6.06. The Morgan fingerprint density at radius 2 is 1.95 bits per heavy atom. The number of hydrogen-bond acceptors (Lipinski definition) is 5. The van der Waals surface area contributed by atoms with Crippen LogP contribution in [0.2, 0.25) is 0 Å². The minimum Gasteiger partial charge on any atom is -0.395 e. The summed E-state index contributed by atoms with van der Waals surface area (Å²) in [4.78, 5) is 10.1. The third-order valence-electron chi connectivity index (χ3n) is 3.55. The number of aliphatic hydroxyl groups excluding tert-OH is 1. The lowest BCUT2D eigenvalue weighted by atomic mass is 9.82. The van der Waals surface area contributed by atoms with Crippen LogP contribution >= 0.6 is 0 Å². The summed E-state index contributed by atoms with van der Waals surface area (Å²) in [6.45, 7) is 1.70. The van der Waals surface area contributed by atoms with Crippen LogP contribution in [0.4, 0.5) is 5.69 Å². The van der Waals surface area contributed by atoms with Crippen LogP contribution in [0.1, 0.15) is 38.2 Å². The highest BCUT2D eigenvalue weighted by Crippen LogP contribution is 2.31. The van der Waals surface area contributed by atoms with Gasteiger partial charge in [0.1, 0.15) is 5.60 Å². The minimum absolute atomic E-state index is 0.0396. The molecule has 20 heavy (non-hydrogen) atoms. The quantitative estimate of drug-likeness (QED) is 0.382. The first-order valence-corrected chi connectivity index (χ1v) is 6.79. The largest absolute Gasteiger partial charge is 0.395 e. The van der Waals surface area contributed by atoms with Crippen LogP contribution in [0, 0.1) is 10.1 Å². The predicted molar refractivity (Wildman–Crippen MR) is 76.2 cm³/mol. The van der Waals surface area contributed by atoms with Gasteiger partial charge in [-0.15, -0.1) is 0 Å². The molecule has 0 spiro atoms. The van der Waals surface area contributed by atoms with Gasteiger partial charge in [-0.05, 0) is 24.1 Å². The van der Waals surface area contributed by atoms with Gasteiger partial charge in [-0.1, -0.05) is 26.2 Å². The van der Waals surface area contributed by atoms with Crippen LogP contribution in [0.15, 0.2) is 24.3 Å². The fourth-order valence-electron chi connectivity index (χ4n) is 2.21. The van der Waals surface area contributed by atoms with E-state index in [9.17, 15) is 20.3 Å². The monoisotopic (exact) mass is 282 g/mol. The van der Waals surface area contributed by atoms with Crippen molar-refractivity contribution in [2.75, 3.05) is 6.61 Å². The van der Waals surface area contributed by atoms with Crippen molar-refractivity contribution in [3.05, 3.63) is 39.9 Å². The maximum atomic E-state index is 10.8. The highest BCUT2D eigenvalue weighted by atomic mass is 16.6. The van der Waals surface area contributed by atoms with Gasteiger partial charge in [-0.3, -0.25) is 10.1 Å². The van der Waals surface area contributed by atoms with E-state index in [0.29, 0.717) is 12.0 Å². The molecule has 0 saturated heterocycles. The van der Waals surface area contributed by atoms with E-state index in [1.165, 1.54) is 24.3 Å². The van der Waals surface area contributed by atoms with E-state index in [4.69, 9.17) is 5.73 Å². The van der Waals surface area contributed by atoms with Crippen LogP contribution in [0.25, 0.3) is 0 Å². The zero-order valence-corrected chi connectivity index (χ0v) is 11.7. The van der Waals surface area contributed by atoms with Gasteiger partial charge in [0.05, 0.1) is 17.6 Å². The number of unbranched alkanes of at least 4 members (excludes halogenated alkanes) is 2. The topological polar surface area (TPSA) is 110 Å². The van der Waals surface area contributed by atoms with E-state index in [1.54, 1.807) is 0 Å². The van der Waals surface area contributed by atoms with Crippen molar-refractivity contribution in [2.24, 2.45) is 5.73 Å². The number of nitro groups is 1. The predicted octanol–water partition coefficient (Wildman–Crippen LogP) is 1.68. The average molecular weight is 282 g/mol. The number of aliphatic hydroxyl groups is 2. The molecule has 2 unspecified atom stereocenters. The summed E-state index contributed by atoms with van der Waals surface area (Å²) in [5.41, 5.74) is 4.93. The smallest absolute Gasteiger partial charge is 0.269 e. The third kappa shape index (κ3) is 3.75. The van der Waals surface area contributed by atoms with Crippen LogP contribution in [-0.4, -0.2) is 27.8 Å². The van der Waals surface area contributed by atoms with Gasteiger partial charge in [0, 0.05) is 12.1 Å². The van der Waals surface area contributed by atoms with Crippen LogP contribution in [-0.2, 0) is 5.60 Å². The maximum absolute atomic E-state index is 10.8. The fraction of sp³-hybridized carbons (Fsp3) is 0.571. The molecule has 2 atom stereocenters. The molecule has 6 nitrogen and oxygen atoms in total. The summed E-state index contributed by atoms with van der Waals surface area (Å²) >= 11 is 0. The van der Waals surface area contributed by atoms with E-state index >= 15 is 0 Å². The summed E-state index contributed by atoms with van der Waals surface area (Å²) < 4.78 is 0. The zero-order chi connectivity index (χ0) is 15.2. The van der Waals surface area contributed by atoms with Crippen LogP contribution in [0.3, 0.4) is 0 Å². The van der Waals surface area contributed by atoms with Crippen molar-refractivity contribution >= 4 is 5.69 Å². The standard InChI is InChI=1S/C14H22N2O4/c1-2-3-4-9-14(18,13(15)10-17)11-5-7-12(8-6-11)16(19)20/h5-8,13,17-18H,2-4,9-10,15H2,1H3. The van der Waals surface area contributed by atoms with Crippen molar-refractivity contribution in [1.82, 2.24) is 0 Å². The molecule has 1 aromatic carbocycles. The molecule has 0 saturated carbocycles. The molecule has 112 valence electrons. The van der Waals surface area contributed by atoms with E-state index in [0.717, 1.165) is 19.3 Å². The van der Waals surface area contributed by atoms with Crippen molar-refractivity contribution in [2.45, 2.75) is 44.2 Å². The molecule has 0 aliphatic carbocycles. The van der Waals surface area contributed by atoms with Gasteiger partial charge in [-0.2, -0.15) is 0 Å². The van der Waals surface area contributed by atoms with Gasteiger partial charge in [0.25, 0.3) is 5.69 Å². The fourth-order valence-corrected chi connectivity index (χ4v) is 2.21. The number of nitrogens with two attached hydrogens (primary N) is 1. The van der Waals surface area contributed by atoms with Gasteiger partial charge in [-0.25, -0.2) is 0 Å². The Morgan fingerprint density at radius 1 is 1.35 bits per heavy atom. The lowest BCUT2D eigenvalue weighted by Gasteiger charge is -2.33. The first-order chi connectivity index (χ1) is 9.45. The molecule has 1 rings (SSSR count). The Bertz CT molecular complexity index is 435. The summed E-state index contributed by atoms with van der Waals surface area (Å²) in [5, 5.41) is 30.6. The van der Waals surface area contributed by atoms with Gasteiger partial charge in [0.2, 0.25) is 0 Å². The zero-order valence-electron chi connectivity index (χ0n) is 11.7.